The number of hydrogen-bond donors (Lipinski definition) is 1. The summed E-state index contributed by atoms with van der Waals surface area (Å²) in [7, 11) is 1.72. The molecule has 4 nitrogen and oxygen atoms in total. The number of methoxy groups -OCH3 is 1. The topological polar surface area (TPSA) is 49.8 Å². The van der Waals surface area contributed by atoms with Crippen LogP contribution in [0.5, 0.6) is 0 Å². The summed E-state index contributed by atoms with van der Waals surface area (Å²) in [4.78, 5) is 12.3. The molecule has 0 bridgehead atoms. The molecule has 1 fully saturated rings. The Bertz CT molecular complexity index is 207. The van der Waals surface area contributed by atoms with Gasteiger partial charge in [0.2, 0.25) is 0 Å². The molecule has 0 aromatic carbocycles. The molecule has 1 aliphatic heterocycles. The maximum absolute atomic E-state index is 10.3. The average molecular weight is 199 g/mol. The second-order valence-electron chi connectivity index (χ2n) is 3.59. The minimum atomic E-state index is -0.885. The van der Waals surface area contributed by atoms with E-state index in [1.807, 2.05) is 4.90 Å². The van der Waals surface area contributed by atoms with Gasteiger partial charge in [0, 0.05) is 39.1 Å². The molecule has 1 aliphatic rings. The molecule has 1 N–H and O–H groups in total. The van der Waals surface area contributed by atoms with Gasteiger partial charge in [-0.15, -0.1) is 0 Å². The lowest BCUT2D eigenvalue weighted by Gasteiger charge is -2.30. The van der Waals surface area contributed by atoms with Gasteiger partial charge in [-0.25, -0.2) is 4.79 Å². The molecule has 0 aromatic heterocycles. The first-order chi connectivity index (χ1) is 6.72. The molecule has 0 saturated carbocycles. The first kappa shape index (κ1) is 11.0. The zero-order valence-corrected chi connectivity index (χ0v) is 8.48. The highest BCUT2D eigenvalue weighted by Gasteiger charge is 2.16. The predicted octanol–water partition coefficient (Wildman–Crippen LogP) is 0.943. The smallest absolute Gasteiger partial charge is 0.329 e. The normalized spacial score (nSPS) is 19.1. The zero-order valence-electron chi connectivity index (χ0n) is 8.48. The van der Waals surface area contributed by atoms with Crippen molar-refractivity contribution in [2.45, 2.75) is 12.8 Å². The van der Waals surface area contributed by atoms with Gasteiger partial charge in [0.25, 0.3) is 0 Å². The van der Waals surface area contributed by atoms with Crippen molar-refractivity contribution in [1.29, 1.82) is 0 Å². The second kappa shape index (κ2) is 5.65. The van der Waals surface area contributed by atoms with Gasteiger partial charge in [-0.2, -0.15) is 0 Å². The number of carbonyl (C=O) groups is 1. The lowest BCUT2D eigenvalue weighted by molar-refractivity contribution is -0.131. The van der Waals surface area contributed by atoms with Crippen molar-refractivity contribution in [3.05, 3.63) is 12.3 Å². The van der Waals surface area contributed by atoms with Crippen LogP contribution in [0.3, 0.4) is 0 Å². The molecule has 0 unspecified atom stereocenters. The molecule has 0 aliphatic carbocycles. The van der Waals surface area contributed by atoms with Gasteiger partial charge >= 0.3 is 5.97 Å². The number of carboxylic acid groups (broad SMARTS) is 1. The van der Waals surface area contributed by atoms with E-state index in [2.05, 4.69) is 0 Å². The molecule has 0 spiro atoms. The van der Waals surface area contributed by atoms with Crippen LogP contribution in [0.2, 0.25) is 0 Å². The lowest BCUT2D eigenvalue weighted by atomic mass is 9.98. The molecule has 4 heteroatoms. The summed E-state index contributed by atoms with van der Waals surface area (Å²) >= 11 is 0. The van der Waals surface area contributed by atoms with Gasteiger partial charge < -0.3 is 14.7 Å². The largest absolute Gasteiger partial charge is 0.478 e. The number of hydrogen-bond acceptors (Lipinski definition) is 3. The highest BCUT2D eigenvalue weighted by molar-refractivity contribution is 5.79. The molecule has 14 heavy (non-hydrogen) atoms. The first-order valence-electron chi connectivity index (χ1n) is 4.86. The Morgan fingerprint density at radius 2 is 2.21 bits per heavy atom. The molecule has 80 valence electrons. The Labute approximate surface area is 84.2 Å². The van der Waals surface area contributed by atoms with Crippen LogP contribution in [0.1, 0.15) is 12.8 Å². The molecule has 1 rings (SSSR count). The molecular formula is C10H17NO3. The number of nitrogens with zero attached hydrogens (tertiary/aromatic N) is 1. The highest BCUT2D eigenvalue weighted by Crippen LogP contribution is 2.17. The minimum Gasteiger partial charge on any atom is -0.478 e. The van der Waals surface area contributed by atoms with Crippen LogP contribution in [0.4, 0.5) is 0 Å². The van der Waals surface area contributed by atoms with Crippen molar-refractivity contribution in [3.63, 3.8) is 0 Å². The van der Waals surface area contributed by atoms with Crippen LogP contribution in [0, 0.1) is 5.92 Å². The maximum atomic E-state index is 10.3. The fraction of sp³-hybridized carbons (Fsp3) is 0.700. The van der Waals surface area contributed by atoms with E-state index in [0.29, 0.717) is 5.92 Å². The summed E-state index contributed by atoms with van der Waals surface area (Å²) in [6.07, 6.45) is 5.01. The van der Waals surface area contributed by atoms with Crippen molar-refractivity contribution in [3.8, 4) is 0 Å². The molecule has 0 amide bonds. The van der Waals surface area contributed by atoms with E-state index in [9.17, 15) is 4.79 Å². The third kappa shape index (κ3) is 3.79. The quantitative estimate of drug-likeness (QED) is 0.685. The summed E-state index contributed by atoms with van der Waals surface area (Å²) in [5.41, 5.74) is 0. The third-order valence-electron chi connectivity index (χ3n) is 2.48. The van der Waals surface area contributed by atoms with Crippen LogP contribution in [-0.2, 0) is 9.53 Å². The van der Waals surface area contributed by atoms with Crippen molar-refractivity contribution in [1.82, 2.24) is 4.90 Å². The van der Waals surface area contributed by atoms with E-state index in [-0.39, 0.29) is 0 Å². The van der Waals surface area contributed by atoms with Gasteiger partial charge in [0.15, 0.2) is 0 Å². The van der Waals surface area contributed by atoms with Gasteiger partial charge in [-0.05, 0) is 18.8 Å². The molecule has 1 heterocycles. The van der Waals surface area contributed by atoms with E-state index >= 15 is 0 Å². The summed E-state index contributed by atoms with van der Waals surface area (Å²) in [5, 5.41) is 8.45. The van der Waals surface area contributed by atoms with Gasteiger partial charge in [0.1, 0.15) is 0 Å². The van der Waals surface area contributed by atoms with E-state index in [1.54, 1.807) is 13.3 Å². The lowest BCUT2D eigenvalue weighted by Crippen LogP contribution is -2.31. The summed E-state index contributed by atoms with van der Waals surface area (Å²) < 4.78 is 5.08. The second-order valence-corrected chi connectivity index (χ2v) is 3.59. The van der Waals surface area contributed by atoms with Crippen LogP contribution < -0.4 is 0 Å². The van der Waals surface area contributed by atoms with Crippen molar-refractivity contribution in [2.75, 3.05) is 26.8 Å². The molecule has 0 atom stereocenters. The molecule has 1 saturated heterocycles. The van der Waals surface area contributed by atoms with Gasteiger partial charge in [0.05, 0.1) is 0 Å². The monoisotopic (exact) mass is 199 g/mol. The summed E-state index contributed by atoms with van der Waals surface area (Å²) in [5.74, 6) is -0.251. The number of carboxylic acids is 1. The van der Waals surface area contributed by atoms with Gasteiger partial charge in [-0.1, -0.05) is 0 Å². The molecular weight excluding hydrogens is 182 g/mol. The molecule has 0 radical (unpaired) electrons. The number of piperidine rings is 1. The Kier molecular flexibility index (Phi) is 4.46. The van der Waals surface area contributed by atoms with E-state index in [0.717, 1.165) is 32.5 Å². The van der Waals surface area contributed by atoms with Crippen LogP contribution in [-0.4, -0.2) is 42.8 Å². The highest BCUT2D eigenvalue weighted by atomic mass is 16.5. The van der Waals surface area contributed by atoms with E-state index in [4.69, 9.17) is 9.84 Å². The maximum Gasteiger partial charge on any atom is 0.329 e. The summed E-state index contributed by atoms with van der Waals surface area (Å²) in [6.45, 7) is 2.67. The van der Waals surface area contributed by atoms with Gasteiger partial charge in [-0.3, -0.25) is 0 Å². The zero-order chi connectivity index (χ0) is 10.4. The van der Waals surface area contributed by atoms with Crippen molar-refractivity contribution in [2.24, 2.45) is 5.92 Å². The average Bonchev–Trinajstić information content (AvgIpc) is 2.17. The van der Waals surface area contributed by atoms with Crippen LogP contribution >= 0.6 is 0 Å². The van der Waals surface area contributed by atoms with E-state index in [1.165, 1.54) is 6.08 Å². The fourth-order valence-electron chi connectivity index (χ4n) is 1.67. The Morgan fingerprint density at radius 3 is 2.71 bits per heavy atom. The Morgan fingerprint density at radius 1 is 1.57 bits per heavy atom. The number of aliphatic carboxylic acids is 1. The molecule has 0 aromatic rings. The standard InChI is InChI=1S/C10H17NO3/c1-14-8-9-2-5-11(6-3-9)7-4-10(12)13/h4,7,9H,2-3,5-6,8H2,1H3,(H,12,13). The van der Waals surface area contributed by atoms with Crippen LogP contribution in [0.15, 0.2) is 12.3 Å². The number of rotatable bonds is 4. The number of likely N-dealkylation sites (tertiary alicyclic amines) is 1. The van der Waals surface area contributed by atoms with Crippen molar-refractivity contribution < 1.29 is 14.6 Å². The number of ether oxygens (including phenoxy) is 1. The minimum absolute atomic E-state index is 0.634. The van der Waals surface area contributed by atoms with Crippen molar-refractivity contribution >= 4 is 5.97 Å². The first-order valence-corrected chi connectivity index (χ1v) is 4.86. The summed E-state index contributed by atoms with van der Waals surface area (Å²) in [6, 6.07) is 0. The SMILES string of the molecule is COCC1CCN(C=CC(=O)O)CC1. The van der Waals surface area contributed by atoms with Crippen LogP contribution in [0.25, 0.3) is 0 Å². The third-order valence-corrected chi connectivity index (χ3v) is 2.48. The van der Waals surface area contributed by atoms with E-state index < -0.39 is 5.97 Å². The Hall–Kier alpha value is -1.03. The predicted molar refractivity (Wildman–Crippen MR) is 52.9 cm³/mol. The Balaban J connectivity index is 2.25. The fourth-order valence-corrected chi connectivity index (χ4v) is 1.67.